The monoisotopic (exact) mass is 383 g/mol. The summed E-state index contributed by atoms with van der Waals surface area (Å²) in [6, 6.07) is 0.235. The molecule has 0 bridgehead atoms. The average Bonchev–Trinajstić information content (AvgIpc) is 2.61. The minimum Gasteiger partial charge on any atom is -0.478 e. The number of carboxylic acid groups (broad SMARTS) is 1. The van der Waals surface area contributed by atoms with Crippen LogP contribution in [0.15, 0.2) is 46.7 Å². The summed E-state index contributed by atoms with van der Waals surface area (Å²) < 4.78 is 0. The van der Waals surface area contributed by atoms with Gasteiger partial charge >= 0.3 is 5.97 Å². The SMILES string of the molecule is CC(/C=C/C(=O)C1CCCC2NC3=C(C=C21)C(C)(C)CCC3(C)C)=C\C(=O)O. The lowest BCUT2D eigenvalue weighted by Gasteiger charge is -2.49. The smallest absolute Gasteiger partial charge is 0.328 e. The zero-order valence-electron chi connectivity index (χ0n) is 17.8. The lowest BCUT2D eigenvalue weighted by molar-refractivity contribution is -0.131. The van der Waals surface area contributed by atoms with Gasteiger partial charge in [-0.25, -0.2) is 4.79 Å². The van der Waals surface area contributed by atoms with Crippen molar-refractivity contribution >= 4 is 11.8 Å². The second kappa shape index (κ2) is 7.38. The number of ketones is 1. The van der Waals surface area contributed by atoms with Crippen LogP contribution in [0.3, 0.4) is 0 Å². The number of fused-ring (bicyclic) bond motifs is 1. The van der Waals surface area contributed by atoms with Crippen molar-refractivity contribution in [3.63, 3.8) is 0 Å². The third-order valence-corrected chi connectivity index (χ3v) is 6.68. The molecular weight excluding hydrogens is 350 g/mol. The molecule has 152 valence electrons. The molecule has 3 rings (SSSR count). The van der Waals surface area contributed by atoms with Gasteiger partial charge in [-0.3, -0.25) is 4.79 Å². The number of allylic oxidation sites excluding steroid dienone is 6. The molecule has 2 N–H and O–H groups in total. The minimum atomic E-state index is -0.992. The molecule has 4 nitrogen and oxygen atoms in total. The fourth-order valence-electron chi connectivity index (χ4n) is 4.81. The van der Waals surface area contributed by atoms with E-state index in [1.165, 1.54) is 23.3 Å². The molecule has 1 aliphatic heterocycles. The van der Waals surface area contributed by atoms with Crippen molar-refractivity contribution in [3.8, 4) is 0 Å². The van der Waals surface area contributed by atoms with Gasteiger partial charge in [0.2, 0.25) is 0 Å². The van der Waals surface area contributed by atoms with E-state index in [1.54, 1.807) is 19.1 Å². The van der Waals surface area contributed by atoms with Crippen LogP contribution < -0.4 is 5.32 Å². The molecule has 28 heavy (non-hydrogen) atoms. The second-order valence-corrected chi connectivity index (χ2v) is 9.84. The first kappa shape index (κ1) is 20.6. The molecule has 0 amide bonds. The van der Waals surface area contributed by atoms with Gasteiger partial charge in [-0.1, -0.05) is 46.3 Å². The first-order chi connectivity index (χ1) is 13.0. The first-order valence-corrected chi connectivity index (χ1v) is 10.4. The fourth-order valence-corrected chi connectivity index (χ4v) is 4.81. The summed E-state index contributed by atoms with van der Waals surface area (Å²) in [6.45, 7) is 10.9. The third-order valence-electron chi connectivity index (χ3n) is 6.68. The van der Waals surface area contributed by atoms with Crippen LogP contribution in [0.2, 0.25) is 0 Å². The Hall–Kier alpha value is -2.10. The molecule has 0 spiro atoms. The van der Waals surface area contributed by atoms with Crippen LogP contribution in [0.1, 0.15) is 66.7 Å². The van der Waals surface area contributed by atoms with Crippen molar-refractivity contribution in [1.29, 1.82) is 0 Å². The molecule has 3 aliphatic rings. The summed E-state index contributed by atoms with van der Waals surface area (Å²) in [7, 11) is 0. The minimum absolute atomic E-state index is 0.0767. The molecule has 2 atom stereocenters. The lowest BCUT2D eigenvalue weighted by atomic mass is 9.62. The summed E-state index contributed by atoms with van der Waals surface area (Å²) in [5, 5.41) is 12.7. The highest BCUT2D eigenvalue weighted by Crippen LogP contribution is 2.51. The lowest BCUT2D eigenvalue weighted by Crippen LogP contribution is -2.47. The highest BCUT2D eigenvalue weighted by atomic mass is 16.4. The van der Waals surface area contributed by atoms with Crippen molar-refractivity contribution in [2.75, 3.05) is 0 Å². The van der Waals surface area contributed by atoms with E-state index in [-0.39, 0.29) is 28.6 Å². The van der Waals surface area contributed by atoms with Gasteiger partial charge in [-0.2, -0.15) is 0 Å². The second-order valence-electron chi connectivity index (χ2n) is 9.84. The zero-order valence-corrected chi connectivity index (χ0v) is 17.8. The molecule has 0 radical (unpaired) electrons. The highest BCUT2D eigenvalue weighted by molar-refractivity contribution is 5.95. The molecule has 1 fully saturated rings. The Kier molecular flexibility index (Phi) is 5.44. The molecule has 1 saturated carbocycles. The quantitative estimate of drug-likeness (QED) is 0.533. The number of carbonyl (C=O) groups is 2. The van der Waals surface area contributed by atoms with Crippen LogP contribution >= 0.6 is 0 Å². The van der Waals surface area contributed by atoms with Crippen LogP contribution in [-0.4, -0.2) is 22.9 Å². The molecule has 0 aromatic heterocycles. The van der Waals surface area contributed by atoms with Crippen LogP contribution in [-0.2, 0) is 9.59 Å². The van der Waals surface area contributed by atoms with Crippen molar-refractivity contribution in [1.82, 2.24) is 5.32 Å². The van der Waals surface area contributed by atoms with E-state index in [0.717, 1.165) is 31.8 Å². The van der Waals surface area contributed by atoms with Gasteiger partial charge in [0.25, 0.3) is 0 Å². The van der Waals surface area contributed by atoms with E-state index < -0.39 is 5.97 Å². The van der Waals surface area contributed by atoms with Crippen molar-refractivity contribution in [2.24, 2.45) is 16.7 Å². The van der Waals surface area contributed by atoms with E-state index in [9.17, 15) is 9.59 Å². The van der Waals surface area contributed by atoms with E-state index in [4.69, 9.17) is 5.11 Å². The number of dihydropyridines is 1. The molecule has 4 heteroatoms. The summed E-state index contributed by atoms with van der Waals surface area (Å²) in [4.78, 5) is 23.7. The fraction of sp³-hybridized carbons (Fsp3) is 0.583. The summed E-state index contributed by atoms with van der Waals surface area (Å²) >= 11 is 0. The molecular formula is C24H33NO3. The predicted octanol–water partition coefficient (Wildman–Crippen LogP) is 4.94. The molecule has 2 aliphatic carbocycles. The number of hydrogen-bond acceptors (Lipinski definition) is 3. The Morgan fingerprint density at radius 3 is 2.46 bits per heavy atom. The number of carboxylic acids is 1. The molecule has 1 heterocycles. The zero-order chi connectivity index (χ0) is 20.7. The molecule has 0 saturated heterocycles. The van der Waals surface area contributed by atoms with Crippen molar-refractivity contribution in [2.45, 2.75) is 72.8 Å². The van der Waals surface area contributed by atoms with Crippen molar-refractivity contribution < 1.29 is 14.7 Å². The summed E-state index contributed by atoms with van der Waals surface area (Å²) in [6.07, 6.45) is 11.9. The number of carbonyl (C=O) groups excluding carboxylic acids is 1. The highest BCUT2D eigenvalue weighted by Gasteiger charge is 2.44. The van der Waals surface area contributed by atoms with Crippen molar-refractivity contribution in [3.05, 3.63) is 46.7 Å². The van der Waals surface area contributed by atoms with Gasteiger partial charge < -0.3 is 10.4 Å². The Morgan fingerprint density at radius 1 is 1.11 bits per heavy atom. The van der Waals surface area contributed by atoms with Gasteiger partial charge in [0.15, 0.2) is 5.78 Å². The van der Waals surface area contributed by atoms with Crippen LogP contribution in [0.25, 0.3) is 0 Å². The summed E-state index contributed by atoms with van der Waals surface area (Å²) in [5.41, 5.74) is 4.76. The number of aliphatic carboxylic acids is 1. The van der Waals surface area contributed by atoms with Crippen LogP contribution in [0.4, 0.5) is 0 Å². The topological polar surface area (TPSA) is 66.4 Å². The van der Waals surface area contributed by atoms with Crippen LogP contribution in [0.5, 0.6) is 0 Å². The molecule has 2 unspecified atom stereocenters. The van der Waals surface area contributed by atoms with E-state index in [1.807, 2.05) is 0 Å². The maximum Gasteiger partial charge on any atom is 0.328 e. The maximum atomic E-state index is 12.9. The standard InChI is InChI=1S/C24H33NO3/c1-15(13-21(27)28)9-10-20(26)16-7-6-8-19-17(16)14-18-22(25-19)24(4,5)12-11-23(18,2)3/h9-10,13-14,16,19,25H,6-8,11-12H2,1-5H3,(H,27,28)/b10-9+,15-13+. The molecule has 0 aromatic rings. The van der Waals surface area contributed by atoms with E-state index in [2.05, 4.69) is 39.1 Å². The normalized spacial score (nSPS) is 28.9. The van der Waals surface area contributed by atoms with Gasteiger partial charge in [-0.15, -0.1) is 0 Å². The number of rotatable bonds is 4. The van der Waals surface area contributed by atoms with Gasteiger partial charge in [0, 0.05) is 29.1 Å². The largest absolute Gasteiger partial charge is 0.478 e. The van der Waals surface area contributed by atoms with Gasteiger partial charge in [0.1, 0.15) is 0 Å². The number of hydrogen-bond donors (Lipinski definition) is 2. The van der Waals surface area contributed by atoms with Crippen LogP contribution in [0, 0.1) is 16.7 Å². The number of nitrogens with one attached hydrogen (secondary N) is 1. The molecule has 0 aromatic carbocycles. The Balaban J connectivity index is 1.93. The van der Waals surface area contributed by atoms with Gasteiger partial charge in [-0.05, 0) is 60.8 Å². The Morgan fingerprint density at radius 2 is 1.79 bits per heavy atom. The van der Waals surface area contributed by atoms with E-state index >= 15 is 0 Å². The third kappa shape index (κ3) is 4.01. The first-order valence-electron chi connectivity index (χ1n) is 10.4. The van der Waals surface area contributed by atoms with Gasteiger partial charge in [0.05, 0.1) is 0 Å². The summed E-state index contributed by atoms with van der Waals surface area (Å²) in [5.74, 6) is -1.03. The average molecular weight is 384 g/mol. The maximum absolute atomic E-state index is 12.9. The Labute approximate surface area is 168 Å². The Bertz CT molecular complexity index is 808. The van der Waals surface area contributed by atoms with E-state index in [0.29, 0.717) is 5.57 Å². The predicted molar refractivity (Wildman–Crippen MR) is 112 cm³/mol.